The molecule has 2 atom stereocenters. The van der Waals surface area contributed by atoms with E-state index < -0.39 is 0 Å². The molecule has 0 amide bonds. The van der Waals surface area contributed by atoms with Crippen LogP contribution in [0.3, 0.4) is 0 Å². The Hall–Kier alpha value is -0.970. The molecule has 1 aromatic carbocycles. The number of nitrogens with two attached hydrogens (primary N) is 1. The van der Waals surface area contributed by atoms with Gasteiger partial charge < -0.3 is 10.6 Å². The van der Waals surface area contributed by atoms with E-state index in [1.807, 2.05) is 13.0 Å². The van der Waals surface area contributed by atoms with E-state index in [-0.39, 0.29) is 11.9 Å². The number of benzene rings is 1. The predicted octanol–water partition coefficient (Wildman–Crippen LogP) is 2.16. The Morgan fingerprint density at radius 3 is 2.80 bits per heavy atom. The van der Waals surface area contributed by atoms with Crippen LogP contribution in [0.4, 0.5) is 4.39 Å². The third-order valence-electron chi connectivity index (χ3n) is 4.41. The summed E-state index contributed by atoms with van der Waals surface area (Å²) in [5.41, 5.74) is 8.17. The van der Waals surface area contributed by atoms with Gasteiger partial charge in [0.05, 0.1) is 0 Å². The number of likely N-dealkylation sites (tertiary alicyclic amines) is 1. The van der Waals surface area contributed by atoms with E-state index in [0.717, 1.165) is 24.2 Å². The van der Waals surface area contributed by atoms with Crippen LogP contribution in [0, 0.1) is 12.7 Å². The molecule has 112 valence electrons. The highest BCUT2D eigenvalue weighted by atomic mass is 19.1. The minimum absolute atomic E-state index is 0.174. The van der Waals surface area contributed by atoms with Gasteiger partial charge in [-0.05, 0) is 63.7 Å². The van der Waals surface area contributed by atoms with E-state index in [0.29, 0.717) is 12.6 Å². The zero-order chi connectivity index (χ0) is 14.7. The summed E-state index contributed by atoms with van der Waals surface area (Å²) < 4.78 is 13.3. The molecule has 1 aliphatic heterocycles. The molecule has 2 N–H and O–H groups in total. The summed E-state index contributed by atoms with van der Waals surface area (Å²) in [6, 6.07) is 5.81. The lowest BCUT2D eigenvalue weighted by Gasteiger charge is -2.40. The van der Waals surface area contributed by atoms with Gasteiger partial charge in [-0.2, -0.15) is 0 Å². The van der Waals surface area contributed by atoms with E-state index in [9.17, 15) is 4.39 Å². The summed E-state index contributed by atoms with van der Waals surface area (Å²) in [5.74, 6) is -0.174. The summed E-state index contributed by atoms with van der Waals surface area (Å²) in [5, 5.41) is 0. The van der Waals surface area contributed by atoms with Crippen LogP contribution in [0.1, 0.15) is 30.0 Å². The molecule has 2 rings (SSSR count). The molecule has 0 aromatic heterocycles. The molecule has 0 bridgehead atoms. The molecule has 2 unspecified atom stereocenters. The number of aryl methyl sites for hydroxylation is 1. The normalized spacial score (nSPS) is 22.2. The maximum Gasteiger partial charge on any atom is 0.123 e. The molecule has 20 heavy (non-hydrogen) atoms. The van der Waals surface area contributed by atoms with Gasteiger partial charge in [-0.15, -0.1) is 0 Å². The summed E-state index contributed by atoms with van der Waals surface area (Å²) in [4.78, 5) is 4.74. The third-order valence-corrected chi connectivity index (χ3v) is 4.41. The lowest BCUT2D eigenvalue weighted by Crippen LogP contribution is -2.48. The van der Waals surface area contributed by atoms with E-state index >= 15 is 0 Å². The van der Waals surface area contributed by atoms with E-state index in [1.165, 1.54) is 12.8 Å². The van der Waals surface area contributed by atoms with Crippen LogP contribution in [0.25, 0.3) is 0 Å². The quantitative estimate of drug-likeness (QED) is 0.917. The zero-order valence-corrected chi connectivity index (χ0v) is 12.8. The second kappa shape index (κ2) is 6.66. The van der Waals surface area contributed by atoms with E-state index in [1.54, 1.807) is 12.1 Å². The molecule has 1 aliphatic rings. The fourth-order valence-corrected chi connectivity index (χ4v) is 3.17. The van der Waals surface area contributed by atoms with Gasteiger partial charge in [0.15, 0.2) is 0 Å². The van der Waals surface area contributed by atoms with Crippen molar-refractivity contribution in [1.82, 2.24) is 9.80 Å². The van der Waals surface area contributed by atoms with Crippen LogP contribution in [0.2, 0.25) is 0 Å². The first-order chi connectivity index (χ1) is 9.52. The number of piperidine rings is 1. The summed E-state index contributed by atoms with van der Waals surface area (Å²) >= 11 is 0. The minimum Gasteiger partial charge on any atom is -0.329 e. The molecule has 0 saturated carbocycles. The van der Waals surface area contributed by atoms with Crippen LogP contribution >= 0.6 is 0 Å². The van der Waals surface area contributed by atoms with Gasteiger partial charge in [0.2, 0.25) is 0 Å². The van der Waals surface area contributed by atoms with Crippen molar-refractivity contribution in [2.75, 3.05) is 33.7 Å². The van der Waals surface area contributed by atoms with Gasteiger partial charge in [0, 0.05) is 25.2 Å². The molecule has 1 fully saturated rings. The highest BCUT2D eigenvalue weighted by molar-refractivity contribution is 5.30. The van der Waals surface area contributed by atoms with Crippen molar-refractivity contribution in [1.29, 1.82) is 0 Å². The van der Waals surface area contributed by atoms with Gasteiger partial charge in [-0.3, -0.25) is 4.90 Å². The Morgan fingerprint density at radius 2 is 2.20 bits per heavy atom. The predicted molar refractivity (Wildman–Crippen MR) is 81.2 cm³/mol. The number of hydrogen-bond donors (Lipinski definition) is 1. The molecular formula is C16H26FN3. The lowest BCUT2D eigenvalue weighted by molar-refractivity contribution is 0.0981. The van der Waals surface area contributed by atoms with Gasteiger partial charge in [0.1, 0.15) is 5.82 Å². The van der Waals surface area contributed by atoms with Crippen molar-refractivity contribution in [3.8, 4) is 0 Å². The SMILES string of the molecule is Cc1cc(F)ccc1C(CN)N1CCCC(N(C)C)C1. The number of hydrogen-bond acceptors (Lipinski definition) is 3. The standard InChI is InChI=1S/C16H26FN3/c1-12-9-13(17)6-7-15(12)16(10-18)20-8-4-5-14(11-20)19(2)3/h6-7,9,14,16H,4-5,8,10-11,18H2,1-3H3. The van der Waals surface area contributed by atoms with E-state index in [2.05, 4.69) is 23.9 Å². The Kier molecular flexibility index (Phi) is 5.13. The largest absolute Gasteiger partial charge is 0.329 e. The molecule has 0 aliphatic carbocycles. The van der Waals surface area contributed by atoms with Crippen molar-refractivity contribution in [3.05, 3.63) is 35.1 Å². The fourth-order valence-electron chi connectivity index (χ4n) is 3.17. The van der Waals surface area contributed by atoms with E-state index in [4.69, 9.17) is 5.73 Å². The second-order valence-corrected chi connectivity index (χ2v) is 6.01. The maximum absolute atomic E-state index is 13.3. The van der Waals surface area contributed by atoms with Gasteiger partial charge in [0.25, 0.3) is 0 Å². The zero-order valence-electron chi connectivity index (χ0n) is 12.8. The molecular weight excluding hydrogens is 253 g/mol. The summed E-state index contributed by atoms with van der Waals surface area (Å²) in [7, 11) is 4.27. The number of nitrogens with zero attached hydrogens (tertiary/aromatic N) is 2. The number of rotatable bonds is 4. The van der Waals surface area contributed by atoms with Gasteiger partial charge in [-0.25, -0.2) is 4.39 Å². The smallest absolute Gasteiger partial charge is 0.123 e. The number of likely N-dealkylation sites (N-methyl/N-ethyl adjacent to an activating group) is 1. The second-order valence-electron chi connectivity index (χ2n) is 6.01. The van der Waals surface area contributed by atoms with Crippen LogP contribution in [0.5, 0.6) is 0 Å². The lowest BCUT2D eigenvalue weighted by atomic mass is 9.96. The fraction of sp³-hybridized carbons (Fsp3) is 0.625. The average molecular weight is 279 g/mol. The first-order valence-corrected chi connectivity index (χ1v) is 7.39. The Morgan fingerprint density at radius 1 is 1.45 bits per heavy atom. The summed E-state index contributed by atoms with van der Waals surface area (Å²) in [6.45, 7) is 4.65. The molecule has 0 spiro atoms. The summed E-state index contributed by atoms with van der Waals surface area (Å²) in [6.07, 6.45) is 2.43. The first kappa shape index (κ1) is 15.4. The van der Waals surface area contributed by atoms with Crippen LogP contribution < -0.4 is 5.73 Å². The molecule has 4 heteroatoms. The molecule has 1 saturated heterocycles. The highest BCUT2D eigenvalue weighted by Gasteiger charge is 2.27. The maximum atomic E-state index is 13.3. The molecule has 3 nitrogen and oxygen atoms in total. The van der Waals surface area contributed by atoms with Crippen LogP contribution in [-0.4, -0.2) is 49.6 Å². The molecule has 1 heterocycles. The highest BCUT2D eigenvalue weighted by Crippen LogP contribution is 2.27. The monoisotopic (exact) mass is 279 g/mol. The Balaban J connectivity index is 2.19. The minimum atomic E-state index is -0.174. The molecule has 0 radical (unpaired) electrons. The first-order valence-electron chi connectivity index (χ1n) is 7.39. The topological polar surface area (TPSA) is 32.5 Å². The van der Waals surface area contributed by atoms with Crippen molar-refractivity contribution >= 4 is 0 Å². The number of halogens is 1. The van der Waals surface area contributed by atoms with Crippen molar-refractivity contribution < 1.29 is 4.39 Å². The third kappa shape index (κ3) is 3.37. The molecule has 1 aromatic rings. The van der Waals surface area contributed by atoms with Crippen molar-refractivity contribution in [2.24, 2.45) is 5.73 Å². The Bertz CT molecular complexity index is 447. The van der Waals surface area contributed by atoms with Crippen LogP contribution in [-0.2, 0) is 0 Å². The van der Waals surface area contributed by atoms with Crippen molar-refractivity contribution in [3.63, 3.8) is 0 Å². The van der Waals surface area contributed by atoms with Gasteiger partial charge in [-0.1, -0.05) is 6.07 Å². The average Bonchev–Trinajstić information content (AvgIpc) is 2.42. The van der Waals surface area contributed by atoms with Gasteiger partial charge >= 0.3 is 0 Å². The van der Waals surface area contributed by atoms with Crippen LogP contribution in [0.15, 0.2) is 18.2 Å². The van der Waals surface area contributed by atoms with Crippen molar-refractivity contribution in [2.45, 2.75) is 31.8 Å². The Labute approximate surface area is 121 Å².